The van der Waals surface area contributed by atoms with Crippen molar-refractivity contribution in [1.82, 2.24) is 4.98 Å². The van der Waals surface area contributed by atoms with E-state index in [2.05, 4.69) is 4.98 Å². The fourth-order valence-electron chi connectivity index (χ4n) is 3.24. The topological polar surface area (TPSA) is 59.4 Å². The largest absolute Gasteiger partial charge is 0.511 e. The van der Waals surface area contributed by atoms with E-state index in [-0.39, 0.29) is 11.3 Å². The van der Waals surface area contributed by atoms with Crippen LogP contribution < -0.4 is 4.74 Å². The molecule has 4 aromatic rings. The van der Waals surface area contributed by atoms with E-state index in [9.17, 15) is 22.4 Å². The maximum Gasteiger partial charge on any atom is 0.511 e. The van der Waals surface area contributed by atoms with Crippen LogP contribution in [-0.2, 0) is 6.18 Å². The van der Waals surface area contributed by atoms with Crippen molar-refractivity contribution in [2.75, 3.05) is 0 Å². The Morgan fingerprint density at radius 3 is 2.32 bits per heavy atom. The van der Waals surface area contributed by atoms with Crippen LogP contribution >= 0.6 is 34.5 Å². The maximum absolute atomic E-state index is 13.5. The summed E-state index contributed by atoms with van der Waals surface area (Å²) in [4.78, 5) is 15.7. The number of rotatable bonds is 4. The fourth-order valence-corrected chi connectivity index (χ4v) is 4.36. The van der Waals surface area contributed by atoms with Crippen molar-refractivity contribution < 1.29 is 32.2 Å². The van der Waals surface area contributed by atoms with Crippen molar-refractivity contribution in [3.8, 4) is 38.7 Å². The van der Waals surface area contributed by atoms with E-state index in [1.807, 2.05) is 0 Å². The number of ether oxygens (including phenoxy) is 1. The molecule has 0 aliphatic heterocycles. The van der Waals surface area contributed by atoms with Gasteiger partial charge in [-0.1, -0.05) is 41.4 Å². The molecule has 0 spiro atoms. The molecule has 34 heavy (non-hydrogen) atoms. The minimum atomic E-state index is -4.87. The summed E-state index contributed by atoms with van der Waals surface area (Å²) in [5, 5.41) is 12.1. The molecule has 0 saturated heterocycles. The number of aromatic nitrogens is 1. The van der Waals surface area contributed by atoms with Gasteiger partial charge in [0.25, 0.3) is 0 Å². The highest BCUT2D eigenvalue weighted by atomic mass is 35.5. The zero-order chi connectivity index (χ0) is 24.6. The van der Waals surface area contributed by atoms with Gasteiger partial charge < -0.3 is 9.84 Å². The Hall–Kier alpha value is -3.14. The van der Waals surface area contributed by atoms with Gasteiger partial charge in [-0.25, -0.2) is 14.2 Å². The Kier molecular flexibility index (Phi) is 6.53. The molecule has 0 saturated carbocycles. The number of thiazole rings is 1. The number of alkyl halides is 3. The van der Waals surface area contributed by atoms with E-state index < -0.39 is 29.3 Å². The molecular formula is C23H11Cl2F4NO3S. The summed E-state index contributed by atoms with van der Waals surface area (Å²) in [6.45, 7) is 0. The van der Waals surface area contributed by atoms with Gasteiger partial charge in [0.2, 0.25) is 0 Å². The minimum absolute atomic E-state index is 0.167. The number of hydrogen-bond donors (Lipinski definition) is 1. The first kappa shape index (κ1) is 24.0. The predicted molar refractivity (Wildman–Crippen MR) is 122 cm³/mol. The fraction of sp³-hybridized carbons (Fsp3) is 0.0435. The SMILES string of the molecule is O=C(O)Oc1cc(-c2nc(-c3ccc(Cl)c(Cl)c3)cs2)ccc1-c1ccc(F)cc1C(F)(F)F. The zero-order valence-electron chi connectivity index (χ0n) is 16.7. The highest BCUT2D eigenvalue weighted by molar-refractivity contribution is 7.13. The highest BCUT2D eigenvalue weighted by Crippen LogP contribution is 2.42. The lowest BCUT2D eigenvalue weighted by Crippen LogP contribution is -2.09. The van der Waals surface area contributed by atoms with E-state index in [0.29, 0.717) is 37.9 Å². The lowest BCUT2D eigenvalue weighted by Gasteiger charge is -2.16. The molecule has 0 bridgehead atoms. The number of carboxylic acid groups (broad SMARTS) is 1. The molecule has 0 aliphatic rings. The van der Waals surface area contributed by atoms with Gasteiger partial charge in [-0.2, -0.15) is 13.2 Å². The quantitative estimate of drug-likeness (QED) is 0.164. The van der Waals surface area contributed by atoms with E-state index in [0.717, 1.165) is 12.1 Å². The molecule has 1 heterocycles. The average molecular weight is 528 g/mol. The summed E-state index contributed by atoms with van der Waals surface area (Å²) in [7, 11) is 0. The molecule has 0 amide bonds. The lowest BCUT2D eigenvalue weighted by molar-refractivity contribution is -0.137. The Labute approximate surface area is 204 Å². The Morgan fingerprint density at radius 1 is 0.941 bits per heavy atom. The number of hydrogen-bond acceptors (Lipinski definition) is 4. The van der Waals surface area contributed by atoms with E-state index in [4.69, 9.17) is 33.0 Å². The van der Waals surface area contributed by atoms with Crippen LogP contribution in [0.15, 0.2) is 60.0 Å². The first-order valence-electron chi connectivity index (χ1n) is 9.36. The molecule has 0 fully saturated rings. The number of benzene rings is 3. The molecule has 0 unspecified atom stereocenters. The third-order valence-electron chi connectivity index (χ3n) is 4.72. The van der Waals surface area contributed by atoms with Gasteiger partial charge in [0.1, 0.15) is 16.6 Å². The minimum Gasteiger partial charge on any atom is -0.449 e. The molecule has 174 valence electrons. The van der Waals surface area contributed by atoms with Gasteiger partial charge in [0, 0.05) is 22.1 Å². The van der Waals surface area contributed by atoms with Crippen molar-refractivity contribution >= 4 is 40.7 Å². The van der Waals surface area contributed by atoms with Crippen LogP contribution in [0.3, 0.4) is 0 Å². The van der Waals surface area contributed by atoms with Crippen LogP contribution in [0, 0.1) is 5.82 Å². The van der Waals surface area contributed by atoms with Crippen molar-refractivity contribution in [1.29, 1.82) is 0 Å². The first-order chi connectivity index (χ1) is 16.0. The molecule has 0 aliphatic carbocycles. The molecule has 1 aromatic heterocycles. The van der Waals surface area contributed by atoms with Crippen LogP contribution in [0.5, 0.6) is 5.75 Å². The van der Waals surface area contributed by atoms with E-state index in [1.165, 1.54) is 29.5 Å². The molecule has 4 rings (SSSR count). The summed E-state index contributed by atoms with van der Waals surface area (Å²) in [6.07, 6.45) is -6.59. The smallest absolute Gasteiger partial charge is 0.449 e. The summed E-state index contributed by atoms with van der Waals surface area (Å²) in [5.41, 5.74) is -0.177. The highest BCUT2D eigenvalue weighted by Gasteiger charge is 2.35. The van der Waals surface area contributed by atoms with E-state index >= 15 is 0 Å². The average Bonchev–Trinajstić information content (AvgIpc) is 3.25. The van der Waals surface area contributed by atoms with Gasteiger partial charge >= 0.3 is 12.3 Å². The van der Waals surface area contributed by atoms with Gasteiger partial charge in [0.05, 0.1) is 21.3 Å². The van der Waals surface area contributed by atoms with Gasteiger partial charge in [-0.15, -0.1) is 11.3 Å². The van der Waals surface area contributed by atoms with Crippen molar-refractivity contribution in [3.63, 3.8) is 0 Å². The van der Waals surface area contributed by atoms with Crippen LogP contribution in [0.1, 0.15) is 5.56 Å². The van der Waals surface area contributed by atoms with Gasteiger partial charge in [0.15, 0.2) is 0 Å². The molecule has 1 N–H and O–H groups in total. The Balaban J connectivity index is 1.80. The second kappa shape index (κ2) is 9.25. The Morgan fingerprint density at radius 2 is 1.65 bits per heavy atom. The second-order valence-electron chi connectivity index (χ2n) is 6.93. The molecule has 11 heteroatoms. The van der Waals surface area contributed by atoms with Crippen molar-refractivity contribution in [2.24, 2.45) is 0 Å². The number of nitrogens with zero attached hydrogens (tertiary/aromatic N) is 1. The predicted octanol–water partition coefficient (Wildman–Crippen LogP) is 8.67. The second-order valence-corrected chi connectivity index (χ2v) is 8.61. The summed E-state index contributed by atoms with van der Waals surface area (Å²) in [6, 6.07) is 11.1. The van der Waals surface area contributed by atoms with Crippen molar-refractivity contribution in [3.05, 3.63) is 81.4 Å². The van der Waals surface area contributed by atoms with Crippen LogP contribution in [0.2, 0.25) is 10.0 Å². The van der Waals surface area contributed by atoms with Gasteiger partial charge in [-0.3, -0.25) is 0 Å². The lowest BCUT2D eigenvalue weighted by atomic mass is 9.97. The third kappa shape index (κ3) is 5.01. The molecule has 3 aromatic carbocycles. The first-order valence-corrected chi connectivity index (χ1v) is 11.0. The summed E-state index contributed by atoms with van der Waals surface area (Å²) >= 11 is 13.2. The maximum atomic E-state index is 13.5. The molecule has 4 nitrogen and oxygen atoms in total. The third-order valence-corrected chi connectivity index (χ3v) is 6.35. The van der Waals surface area contributed by atoms with E-state index in [1.54, 1.807) is 23.6 Å². The number of carbonyl (C=O) groups is 1. The molecule has 0 radical (unpaired) electrons. The molecular weight excluding hydrogens is 517 g/mol. The Bertz CT molecular complexity index is 1410. The normalized spacial score (nSPS) is 11.5. The zero-order valence-corrected chi connectivity index (χ0v) is 19.0. The monoisotopic (exact) mass is 527 g/mol. The number of halogens is 6. The molecule has 0 atom stereocenters. The van der Waals surface area contributed by atoms with Crippen molar-refractivity contribution in [2.45, 2.75) is 6.18 Å². The van der Waals surface area contributed by atoms with Crippen LogP contribution in [-0.4, -0.2) is 16.2 Å². The summed E-state index contributed by atoms with van der Waals surface area (Å²) in [5.74, 6) is -1.43. The van der Waals surface area contributed by atoms with Crippen LogP contribution in [0.25, 0.3) is 33.0 Å². The standard InChI is InChI=1S/C23H11Cl2F4NO3S/c24-17-6-2-11(7-18(17)25)19-10-34-21(30-19)12-1-4-15(20(8-12)33-22(31)32)14-5-3-13(26)9-16(14)23(27,28)29/h1-10H,(H,31,32). The van der Waals surface area contributed by atoms with Crippen LogP contribution in [0.4, 0.5) is 22.4 Å². The van der Waals surface area contributed by atoms with Gasteiger partial charge in [-0.05, 0) is 42.0 Å². The summed E-state index contributed by atoms with van der Waals surface area (Å²) < 4.78 is 58.9.